The average molecular weight is 310 g/mol. The second kappa shape index (κ2) is 5.34. The summed E-state index contributed by atoms with van der Waals surface area (Å²) < 4.78 is 1.17. The second-order valence-corrected chi connectivity index (χ2v) is 6.87. The molecule has 90 valence electrons. The zero-order valence-electron chi connectivity index (χ0n) is 10.0. The molecular formula is C14H16BrNS. The SMILES string of the molecule is Cc1cccc(C)c1C(N)Cc1ccc(Br)s1. The van der Waals surface area contributed by atoms with Gasteiger partial charge in [0.05, 0.1) is 3.79 Å². The van der Waals surface area contributed by atoms with Gasteiger partial charge in [-0.1, -0.05) is 18.2 Å². The van der Waals surface area contributed by atoms with Crippen LogP contribution in [-0.2, 0) is 6.42 Å². The van der Waals surface area contributed by atoms with Gasteiger partial charge in [0.1, 0.15) is 0 Å². The molecule has 1 aromatic carbocycles. The second-order valence-electron chi connectivity index (χ2n) is 4.32. The van der Waals surface area contributed by atoms with Crippen LogP contribution in [0.5, 0.6) is 0 Å². The zero-order chi connectivity index (χ0) is 12.4. The number of thiophene rings is 1. The van der Waals surface area contributed by atoms with Gasteiger partial charge >= 0.3 is 0 Å². The summed E-state index contributed by atoms with van der Waals surface area (Å²) in [5.41, 5.74) is 10.2. The van der Waals surface area contributed by atoms with Crippen molar-refractivity contribution in [2.45, 2.75) is 26.3 Å². The molecule has 1 heterocycles. The zero-order valence-corrected chi connectivity index (χ0v) is 12.4. The van der Waals surface area contributed by atoms with Crippen molar-refractivity contribution in [2.24, 2.45) is 5.73 Å². The van der Waals surface area contributed by atoms with Crippen molar-refractivity contribution in [1.29, 1.82) is 0 Å². The minimum Gasteiger partial charge on any atom is -0.324 e. The highest BCUT2D eigenvalue weighted by molar-refractivity contribution is 9.11. The maximum atomic E-state index is 6.33. The lowest BCUT2D eigenvalue weighted by Crippen LogP contribution is -2.15. The van der Waals surface area contributed by atoms with Crippen LogP contribution >= 0.6 is 27.3 Å². The van der Waals surface area contributed by atoms with Crippen LogP contribution in [0, 0.1) is 13.8 Å². The number of benzene rings is 1. The lowest BCUT2D eigenvalue weighted by Gasteiger charge is -2.16. The van der Waals surface area contributed by atoms with Crippen molar-refractivity contribution in [1.82, 2.24) is 0 Å². The Bertz CT molecular complexity index is 498. The molecule has 0 bridgehead atoms. The van der Waals surface area contributed by atoms with Gasteiger partial charge < -0.3 is 5.73 Å². The summed E-state index contributed by atoms with van der Waals surface area (Å²) in [4.78, 5) is 1.33. The molecular weight excluding hydrogens is 294 g/mol. The molecule has 1 nitrogen and oxygen atoms in total. The highest BCUT2D eigenvalue weighted by Crippen LogP contribution is 2.28. The minimum absolute atomic E-state index is 0.0850. The molecule has 1 atom stereocenters. The Morgan fingerprint density at radius 1 is 1.18 bits per heavy atom. The van der Waals surface area contributed by atoms with Gasteiger partial charge in [0, 0.05) is 17.3 Å². The summed E-state index contributed by atoms with van der Waals surface area (Å²) in [6, 6.07) is 10.7. The maximum Gasteiger partial charge on any atom is 0.0701 e. The number of hydrogen-bond donors (Lipinski definition) is 1. The molecule has 0 saturated heterocycles. The molecule has 0 aliphatic heterocycles. The Kier molecular flexibility index (Phi) is 4.02. The lowest BCUT2D eigenvalue weighted by atomic mass is 9.94. The third-order valence-electron chi connectivity index (χ3n) is 2.96. The fraction of sp³-hybridized carbons (Fsp3) is 0.286. The van der Waals surface area contributed by atoms with Crippen LogP contribution < -0.4 is 5.73 Å². The first-order valence-electron chi connectivity index (χ1n) is 5.64. The third kappa shape index (κ3) is 2.97. The Labute approximate surface area is 115 Å². The first-order chi connectivity index (χ1) is 8.08. The minimum atomic E-state index is 0.0850. The van der Waals surface area contributed by atoms with Crippen molar-refractivity contribution < 1.29 is 0 Å². The standard InChI is InChI=1S/C14H16BrNS/c1-9-4-3-5-10(2)14(9)12(16)8-11-6-7-13(15)17-11/h3-7,12H,8,16H2,1-2H3. The summed E-state index contributed by atoms with van der Waals surface area (Å²) >= 11 is 5.24. The Morgan fingerprint density at radius 3 is 2.35 bits per heavy atom. The monoisotopic (exact) mass is 309 g/mol. The molecule has 3 heteroatoms. The smallest absolute Gasteiger partial charge is 0.0701 e. The molecule has 17 heavy (non-hydrogen) atoms. The normalized spacial score (nSPS) is 12.7. The van der Waals surface area contributed by atoms with E-state index in [2.05, 4.69) is 60.1 Å². The Balaban J connectivity index is 2.22. The molecule has 0 saturated carbocycles. The van der Waals surface area contributed by atoms with Crippen LogP contribution in [-0.4, -0.2) is 0 Å². The van der Waals surface area contributed by atoms with Crippen LogP contribution in [0.4, 0.5) is 0 Å². The predicted molar refractivity (Wildman–Crippen MR) is 78.6 cm³/mol. The first-order valence-corrected chi connectivity index (χ1v) is 7.25. The topological polar surface area (TPSA) is 26.0 Å². The van der Waals surface area contributed by atoms with Crippen LogP contribution in [0.25, 0.3) is 0 Å². The van der Waals surface area contributed by atoms with Crippen LogP contribution in [0.3, 0.4) is 0 Å². The van der Waals surface area contributed by atoms with Crippen molar-refractivity contribution >= 4 is 27.3 Å². The van der Waals surface area contributed by atoms with Crippen LogP contribution in [0.15, 0.2) is 34.1 Å². The van der Waals surface area contributed by atoms with E-state index >= 15 is 0 Å². The summed E-state index contributed by atoms with van der Waals surface area (Å²) in [5.74, 6) is 0. The summed E-state index contributed by atoms with van der Waals surface area (Å²) in [5, 5.41) is 0. The molecule has 1 aromatic heterocycles. The summed E-state index contributed by atoms with van der Waals surface area (Å²) in [7, 11) is 0. The number of aryl methyl sites for hydroxylation is 2. The number of hydrogen-bond acceptors (Lipinski definition) is 2. The van der Waals surface area contributed by atoms with Gasteiger partial charge in [-0.3, -0.25) is 0 Å². The highest BCUT2D eigenvalue weighted by atomic mass is 79.9. The molecule has 0 spiro atoms. The van der Waals surface area contributed by atoms with Gasteiger partial charge in [-0.2, -0.15) is 0 Å². The van der Waals surface area contributed by atoms with E-state index in [-0.39, 0.29) is 6.04 Å². The van der Waals surface area contributed by atoms with Gasteiger partial charge in [0.15, 0.2) is 0 Å². The Morgan fingerprint density at radius 2 is 1.82 bits per heavy atom. The highest BCUT2D eigenvalue weighted by Gasteiger charge is 2.13. The predicted octanol–water partition coefficient (Wildman–Crippen LogP) is 4.37. The van der Waals surface area contributed by atoms with E-state index in [0.29, 0.717) is 0 Å². The molecule has 0 amide bonds. The van der Waals surface area contributed by atoms with E-state index in [0.717, 1.165) is 6.42 Å². The average Bonchev–Trinajstić information content (AvgIpc) is 2.63. The van der Waals surface area contributed by atoms with E-state index in [9.17, 15) is 0 Å². The van der Waals surface area contributed by atoms with Crippen molar-refractivity contribution in [3.8, 4) is 0 Å². The molecule has 2 aromatic rings. The van der Waals surface area contributed by atoms with Crippen molar-refractivity contribution in [2.75, 3.05) is 0 Å². The van der Waals surface area contributed by atoms with E-state index in [1.807, 2.05) is 0 Å². The number of rotatable bonds is 3. The van der Waals surface area contributed by atoms with Gasteiger partial charge in [-0.05, 0) is 58.6 Å². The van der Waals surface area contributed by atoms with E-state index in [1.165, 1.54) is 25.4 Å². The lowest BCUT2D eigenvalue weighted by molar-refractivity contribution is 0.719. The molecule has 0 aliphatic carbocycles. The van der Waals surface area contributed by atoms with Crippen LogP contribution in [0.2, 0.25) is 0 Å². The van der Waals surface area contributed by atoms with E-state index < -0.39 is 0 Å². The molecule has 2 rings (SSSR count). The fourth-order valence-electron chi connectivity index (χ4n) is 2.19. The summed E-state index contributed by atoms with van der Waals surface area (Å²) in [6.07, 6.45) is 0.905. The van der Waals surface area contributed by atoms with Crippen molar-refractivity contribution in [3.63, 3.8) is 0 Å². The molecule has 0 radical (unpaired) electrons. The number of nitrogens with two attached hydrogens (primary N) is 1. The quantitative estimate of drug-likeness (QED) is 0.895. The molecule has 2 N–H and O–H groups in total. The van der Waals surface area contributed by atoms with Crippen molar-refractivity contribution in [3.05, 3.63) is 55.7 Å². The van der Waals surface area contributed by atoms with E-state index in [4.69, 9.17) is 5.73 Å². The van der Waals surface area contributed by atoms with Gasteiger partial charge in [-0.25, -0.2) is 0 Å². The largest absolute Gasteiger partial charge is 0.324 e. The van der Waals surface area contributed by atoms with Crippen LogP contribution in [0.1, 0.15) is 27.6 Å². The molecule has 0 aliphatic rings. The maximum absolute atomic E-state index is 6.33. The summed E-state index contributed by atoms with van der Waals surface area (Å²) in [6.45, 7) is 4.26. The molecule has 0 fully saturated rings. The number of halogens is 1. The van der Waals surface area contributed by atoms with Gasteiger partial charge in [0.2, 0.25) is 0 Å². The van der Waals surface area contributed by atoms with E-state index in [1.54, 1.807) is 11.3 Å². The third-order valence-corrected chi connectivity index (χ3v) is 4.61. The Hall–Kier alpha value is -0.640. The first kappa shape index (κ1) is 12.8. The van der Waals surface area contributed by atoms with Gasteiger partial charge in [-0.15, -0.1) is 11.3 Å². The van der Waals surface area contributed by atoms with Gasteiger partial charge in [0.25, 0.3) is 0 Å². The fourth-order valence-corrected chi connectivity index (χ4v) is 3.73. The molecule has 1 unspecified atom stereocenters.